The van der Waals surface area contributed by atoms with Gasteiger partial charge in [-0.2, -0.15) is 0 Å². The average Bonchev–Trinajstić information content (AvgIpc) is 2.73. The number of thioether (sulfide) groups is 1. The number of tetrazole rings is 1. The zero-order valence-electron chi connectivity index (χ0n) is 9.72. The van der Waals surface area contributed by atoms with Gasteiger partial charge in [-0.15, -0.1) is 11.7 Å². The summed E-state index contributed by atoms with van der Waals surface area (Å²) in [6.45, 7) is 8.49. The standard InChI is InChI=1S/C10H19N5S/c1-3-5-6-9-16-10-12-13-14-15(10)8-7-11-4-2/h3,11H,1,4-9H2,2H3. The van der Waals surface area contributed by atoms with Gasteiger partial charge in [0.05, 0.1) is 6.54 Å². The smallest absolute Gasteiger partial charge is 0.209 e. The largest absolute Gasteiger partial charge is 0.315 e. The number of nitrogens with zero attached hydrogens (tertiary/aromatic N) is 4. The van der Waals surface area contributed by atoms with Gasteiger partial charge in [0.15, 0.2) is 0 Å². The first-order valence-corrected chi connectivity index (χ1v) is 6.57. The Hall–Kier alpha value is -0.880. The number of rotatable bonds is 9. The number of hydrogen-bond acceptors (Lipinski definition) is 5. The second-order valence-electron chi connectivity index (χ2n) is 3.32. The molecule has 1 aromatic heterocycles. The molecule has 0 spiro atoms. The molecule has 1 rings (SSSR count). The van der Waals surface area contributed by atoms with Crippen molar-refractivity contribution in [2.24, 2.45) is 0 Å². The molecule has 0 aliphatic rings. The summed E-state index contributed by atoms with van der Waals surface area (Å²) in [4.78, 5) is 0. The van der Waals surface area contributed by atoms with Crippen LogP contribution in [0.2, 0.25) is 0 Å². The van der Waals surface area contributed by atoms with Gasteiger partial charge < -0.3 is 5.32 Å². The van der Waals surface area contributed by atoms with Crippen LogP contribution < -0.4 is 5.32 Å². The van der Waals surface area contributed by atoms with Crippen molar-refractivity contribution in [3.05, 3.63) is 12.7 Å². The first-order valence-electron chi connectivity index (χ1n) is 5.59. The topological polar surface area (TPSA) is 55.6 Å². The average molecular weight is 241 g/mol. The summed E-state index contributed by atoms with van der Waals surface area (Å²) < 4.78 is 1.85. The molecule has 0 atom stereocenters. The first kappa shape index (κ1) is 13.2. The predicted molar refractivity (Wildman–Crippen MR) is 66.5 cm³/mol. The highest BCUT2D eigenvalue weighted by molar-refractivity contribution is 7.99. The molecule has 0 fully saturated rings. The summed E-state index contributed by atoms with van der Waals surface area (Å²) in [6, 6.07) is 0. The molecule has 0 aromatic carbocycles. The Balaban J connectivity index is 2.29. The van der Waals surface area contributed by atoms with Gasteiger partial charge in [-0.3, -0.25) is 0 Å². The maximum atomic E-state index is 4.00. The summed E-state index contributed by atoms with van der Waals surface area (Å²) in [6.07, 6.45) is 4.11. The van der Waals surface area contributed by atoms with Gasteiger partial charge in [-0.1, -0.05) is 24.8 Å². The van der Waals surface area contributed by atoms with Crippen molar-refractivity contribution in [3.63, 3.8) is 0 Å². The molecular formula is C10H19N5S. The highest BCUT2D eigenvalue weighted by atomic mass is 32.2. The highest BCUT2D eigenvalue weighted by Gasteiger charge is 2.05. The fourth-order valence-electron chi connectivity index (χ4n) is 1.19. The van der Waals surface area contributed by atoms with Crippen molar-refractivity contribution >= 4 is 11.8 Å². The molecule has 1 N–H and O–H groups in total. The predicted octanol–water partition coefficient (Wildman–Crippen LogP) is 1.34. The van der Waals surface area contributed by atoms with E-state index in [0.29, 0.717) is 0 Å². The van der Waals surface area contributed by atoms with E-state index in [9.17, 15) is 0 Å². The van der Waals surface area contributed by atoms with Crippen molar-refractivity contribution < 1.29 is 0 Å². The quantitative estimate of drug-likeness (QED) is 0.402. The van der Waals surface area contributed by atoms with E-state index in [1.165, 1.54) is 0 Å². The molecule has 0 bridgehead atoms. The maximum absolute atomic E-state index is 4.00. The van der Waals surface area contributed by atoms with E-state index in [4.69, 9.17) is 0 Å². The van der Waals surface area contributed by atoms with E-state index in [2.05, 4.69) is 34.3 Å². The SMILES string of the molecule is C=CCCCSc1nnnn1CCNCC. The van der Waals surface area contributed by atoms with Gasteiger partial charge in [0, 0.05) is 12.3 Å². The van der Waals surface area contributed by atoms with Gasteiger partial charge in [-0.05, 0) is 29.8 Å². The van der Waals surface area contributed by atoms with E-state index in [1.54, 1.807) is 11.8 Å². The van der Waals surface area contributed by atoms with Crippen LogP contribution in [0, 0.1) is 0 Å². The minimum absolute atomic E-state index is 0.824. The Morgan fingerprint density at radius 3 is 3.19 bits per heavy atom. The summed E-state index contributed by atoms with van der Waals surface area (Å²) in [5.41, 5.74) is 0. The normalized spacial score (nSPS) is 10.6. The molecule has 0 aliphatic carbocycles. The Labute approximate surface area is 101 Å². The lowest BCUT2D eigenvalue weighted by Gasteiger charge is -2.04. The minimum atomic E-state index is 0.824. The van der Waals surface area contributed by atoms with E-state index < -0.39 is 0 Å². The van der Waals surface area contributed by atoms with Crippen LogP contribution >= 0.6 is 11.8 Å². The van der Waals surface area contributed by atoms with Gasteiger partial charge in [0.2, 0.25) is 5.16 Å². The molecule has 0 radical (unpaired) electrons. The molecule has 0 amide bonds. The van der Waals surface area contributed by atoms with Crippen molar-refractivity contribution in [1.29, 1.82) is 0 Å². The fraction of sp³-hybridized carbons (Fsp3) is 0.700. The van der Waals surface area contributed by atoms with Gasteiger partial charge >= 0.3 is 0 Å². The van der Waals surface area contributed by atoms with E-state index in [0.717, 1.165) is 43.4 Å². The summed E-state index contributed by atoms with van der Waals surface area (Å²) in [7, 11) is 0. The number of aromatic nitrogens is 4. The Kier molecular flexibility index (Phi) is 6.83. The number of unbranched alkanes of at least 4 members (excludes halogenated alkanes) is 1. The Morgan fingerprint density at radius 1 is 1.56 bits per heavy atom. The molecule has 6 heteroatoms. The molecule has 0 aliphatic heterocycles. The summed E-state index contributed by atoms with van der Waals surface area (Å²) in [5.74, 6) is 1.04. The van der Waals surface area contributed by atoms with Crippen LogP contribution in [0.25, 0.3) is 0 Å². The third-order valence-electron chi connectivity index (χ3n) is 2.03. The molecule has 16 heavy (non-hydrogen) atoms. The Morgan fingerprint density at radius 2 is 2.44 bits per heavy atom. The molecule has 0 saturated carbocycles. The zero-order valence-corrected chi connectivity index (χ0v) is 10.5. The molecule has 0 saturated heterocycles. The number of hydrogen-bond donors (Lipinski definition) is 1. The van der Waals surface area contributed by atoms with E-state index in [1.807, 2.05) is 10.8 Å². The van der Waals surface area contributed by atoms with Crippen LogP contribution in [-0.4, -0.2) is 39.0 Å². The molecule has 90 valence electrons. The third kappa shape index (κ3) is 4.76. The number of nitrogens with one attached hydrogen (secondary N) is 1. The van der Waals surface area contributed by atoms with E-state index in [-0.39, 0.29) is 0 Å². The molecule has 1 heterocycles. The van der Waals surface area contributed by atoms with Crippen LogP contribution in [0.4, 0.5) is 0 Å². The van der Waals surface area contributed by atoms with Crippen molar-refractivity contribution in [1.82, 2.24) is 25.5 Å². The van der Waals surface area contributed by atoms with Crippen molar-refractivity contribution in [2.45, 2.75) is 31.5 Å². The first-order chi connectivity index (χ1) is 7.88. The van der Waals surface area contributed by atoms with Crippen molar-refractivity contribution in [2.75, 3.05) is 18.8 Å². The van der Waals surface area contributed by atoms with Crippen LogP contribution in [0.3, 0.4) is 0 Å². The van der Waals surface area contributed by atoms with Gasteiger partial charge in [0.1, 0.15) is 0 Å². The Bertz CT molecular complexity index is 299. The van der Waals surface area contributed by atoms with Crippen molar-refractivity contribution in [3.8, 4) is 0 Å². The molecule has 1 aromatic rings. The molecule has 5 nitrogen and oxygen atoms in total. The maximum Gasteiger partial charge on any atom is 0.209 e. The zero-order chi connectivity index (χ0) is 11.6. The third-order valence-corrected chi connectivity index (χ3v) is 3.08. The second kappa shape index (κ2) is 8.29. The monoisotopic (exact) mass is 241 g/mol. The molecule has 0 unspecified atom stereocenters. The summed E-state index contributed by atoms with van der Waals surface area (Å²) in [5, 5.41) is 15.8. The molecular weight excluding hydrogens is 222 g/mol. The van der Waals surface area contributed by atoms with Crippen LogP contribution in [0.5, 0.6) is 0 Å². The fourth-order valence-corrected chi connectivity index (χ4v) is 2.06. The van der Waals surface area contributed by atoms with Crippen LogP contribution in [0.15, 0.2) is 17.8 Å². The van der Waals surface area contributed by atoms with Gasteiger partial charge in [0.25, 0.3) is 0 Å². The lowest BCUT2D eigenvalue weighted by atomic mass is 10.3. The van der Waals surface area contributed by atoms with Crippen LogP contribution in [-0.2, 0) is 6.54 Å². The van der Waals surface area contributed by atoms with Gasteiger partial charge in [-0.25, -0.2) is 4.68 Å². The lowest BCUT2D eigenvalue weighted by molar-refractivity contribution is 0.517. The minimum Gasteiger partial charge on any atom is -0.315 e. The second-order valence-corrected chi connectivity index (χ2v) is 4.38. The number of allylic oxidation sites excluding steroid dienone is 1. The summed E-state index contributed by atoms with van der Waals surface area (Å²) >= 11 is 1.70. The van der Waals surface area contributed by atoms with E-state index >= 15 is 0 Å². The lowest BCUT2D eigenvalue weighted by Crippen LogP contribution is -2.20. The number of likely N-dealkylation sites (N-methyl/N-ethyl adjacent to an activating group) is 1. The highest BCUT2D eigenvalue weighted by Crippen LogP contribution is 2.15. The van der Waals surface area contributed by atoms with Crippen LogP contribution in [0.1, 0.15) is 19.8 Å².